The third-order valence-corrected chi connectivity index (χ3v) is 2.79. The summed E-state index contributed by atoms with van der Waals surface area (Å²) >= 11 is 0. The van der Waals surface area contributed by atoms with Gasteiger partial charge in [0.1, 0.15) is 6.54 Å². The zero-order chi connectivity index (χ0) is 13.5. The van der Waals surface area contributed by atoms with Crippen LogP contribution in [0, 0.1) is 5.92 Å². The minimum atomic E-state index is -1.08. The number of ether oxygens (including phenoxy) is 1. The normalized spacial score (nSPS) is 16.2. The summed E-state index contributed by atoms with van der Waals surface area (Å²) in [5, 5.41) is 10.7. The van der Waals surface area contributed by atoms with Gasteiger partial charge in [-0.2, -0.15) is 0 Å². The van der Waals surface area contributed by atoms with Crippen LogP contribution in [0.4, 0.5) is 4.79 Å². The van der Waals surface area contributed by atoms with Crippen LogP contribution < -0.4 is 5.32 Å². The highest BCUT2D eigenvalue weighted by Crippen LogP contribution is 2.18. The zero-order valence-electron chi connectivity index (χ0n) is 10.3. The first kappa shape index (κ1) is 14.3. The van der Waals surface area contributed by atoms with Crippen molar-refractivity contribution in [3.63, 3.8) is 0 Å². The fraction of sp³-hybridized carbons (Fsp3) is 0.727. The molecule has 0 atom stereocenters. The molecule has 18 heavy (non-hydrogen) atoms. The number of esters is 1. The molecule has 1 saturated heterocycles. The number of carbonyl (C=O) groups is 3. The van der Waals surface area contributed by atoms with E-state index in [1.54, 1.807) is 6.92 Å². The molecule has 1 aliphatic rings. The van der Waals surface area contributed by atoms with Crippen LogP contribution in [0.2, 0.25) is 0 Å². The summed E-state index contributed by atoms with van der Waals surface area (Å²) in [5.74, 6) is -1.46. The van der Waals surface area contributed by atoms with E-state index in [1.165, 1.54) is 4.90 Å². The molecule has 1 fully saturated rings. The first-order chi connectivity index (χ1) is 8.54. The first-order valence-corrected chi connectivity index (χ1v) is 5.95. The lowest BCUT2D eigenvalue weighted by atomic mass is 9.97. The molecule has 1 heterocycles. The molecule has 7 nitrogen and oxygen atoms in total. The van der Waals surface area contributed by atoms with E-state index in [4.69, 9.17) is 9.84 Å². The van der Waals surface area contributed by atoms with Crippen molar-refractivity contribution in [2.75, 3.05) is 26.2 Å². The van der Waals surface area contributed by atoms with Crippen molar-refractivity contribution in [1.29, 1.82) is 0 Å². The number of likely N-dealkylation sites (tertiary alicyclic amines) is 1. The van der Waals surface area contributed by atoms with E-state index in [1.807, 2.05) is 0 Å². The highest BCUT2D eigenvalue weighted by molar-refractivity contribution is 5.80. The van der Waals surface area contributed by atoms with E-state index in [0.717, 1.165) is 0 Å². The van der Waals surface area contributed by atoms with Crippen molar-refractivity contribution >= 4 is 18.0 Å². The molecule has 0 aromatic carbocycles. The van der Waals surface area contributed by atoms with Crippen molar-refractivity contribution in [2.45, 2.75) is 19.8 Å². The monoisotopic (exact) mass is 258 g/mol. The number of rotatable bonds is 4. The minimum Gasteiger partial charge on any atom is -0.480 e. The largest absolute Gasteiger partial charge is 0.480 e. The summed E-state index contributed by atoms with van der Waals surface area (Å²) in [7, 11) is 0. The maximum absolute atomic E-state index is 11.5. The van der Waals surface area contributed by atoms with E-state index < -0.39 is 18.5 Å². The van der Waals surface area contributed by atoms with Gasteiger partial charge in [-0.25, -0.2) is 4.79 Å². The Morgan fingerprint density at radius 3 is 2.44 bits per heavy atom. The molecule has 0 aliphatic carbocycles. The smallest absolute Gasteiger partial charge is 0.323 e. The van der Waals surface area contributed by atoms with Gasteiger partial charge in [-0.1, -0.05) is 0 Å². The molecule has 0 aromatic heterocycles. The second-order valence-corrected chi connectivity index (χ2v) is 4.07. The van der Waals surface area contributed by atoms with E-state index in [-0.39, 0.29) is 11.9 Å². The van der Waals surface area contributed by atoms with Gasteiger partial charge in [0.15, 0.2) is 0 Å². The van der Waals surface area contributed by atoms with Crippen molar-refractivity contribution in [3.8, 4) is 0 Å². The Bertz CT molecular complexity index is 323. The molecular formula is C11H18N2O5. The fourth-order valence-electron chi connectivity index (χ4n) is 1.84. The minimum absolute atomic E-state index is 0.159. The van der Waals surface area contributed by atoms with Gasteiger partial charge in [0.25, 0.3) is 0 Å². The Labute approximate surface area is 105 Å². The van der Waals surface area contributed by atoms with Gasteiger partial charge in [-0.05, 0) is 19.8 Å². The standard InChI is InChI=1S/C11H18N2O5/c1-2-18-10(16)8-3-5-13(6-4-8)11(17)12-7-9(14)15/h8H,2-7H2,1H3,(H,12,17)(H,14,15). The maximum Gasteiger partial charge on any atom is 0.323 e. The van der Waals surface area contributed by atoms with Gasteiger partial charge in [0.2, 0.25) is 0 Å². The Balaban J connectivity index is 2.32. The SMILES string of the molecule is CCOC(=O)C1CCN(C(=O)NCC(=O)O)CC1. The molecule has 2 N–H and O–H groups in total. The third-order valence-electron chi connectivity index (χ3n) is 2.79. The quantitative estimate of drug-likeness (QED) is 0.695. The number of amides is 2. The van der Waals surface area contributed by atoms with Crippen LogP contribution >= 0.6 is 0 Å². The number of hydrogen-bond acceptors (Lipinski definition) is 4. The molecule has 0 aromatic rings. The van der Waals surface area contributed by atoms with Crippen LogP contribution in [0.15, 0.2) is 0 Å². The predicted molar refractivity (Wildman–Crippen MR) is 62.0 cm³/mol. The number of urea groups is 1. The van der Waals surface area contributed by atoms with Gasteiger partial charge in [0.05, 0.1) is 12.5 Å². The Kier molecular flexibility index (Phi) is 5.41. The molecule has 1 rings (SSSR count). The molecule has 0 bridgehead atoms. The zero-order valence-corrected chi connectivity index (χ0v) is 10.3. The van der Waals surface area contributed by atoms with Gasteiger partial charge in [0, 0.05) is 13.1 Å². The van der Waals surface area contributed by atoms with Crippen LogP contribution in [0.3, 0.4) is 0 Å². The average molecular weight is 258 g/mol. The number of piperidine rings is 1. The van der Waals surface area contributed by atoms with Crippen molar-refractivity contribution in [3.05, 3.63) is 0 Å². The van der Waals surface area contributed by atoms with Crippen LogP contribution in [0.1, 0.15) is 19.8 Å². The lowest BCUT2D eigenvalue weighted by Gasteiger charge is -2.30. The molecule has 2 amide bonds. The first-order valence-electron chi connectivity index (χ1n) is 5.95. The second-order valence-electron chi connectivity index (χ2n) is 4.07. The Hall–Kier alpha value is -1.79. The number of nitrogens with one attached hydrogen (secondary N) is 1. The van der Waals surface area contributed by atoms with E-state index in [2.05, 4.69) is 5.32 Å². The summed E-state index contributed by atoms with van der Waals surface area (Å²) in [5.41, 5.74) is 0. The topological polar surface area (TPSA) is 95.9 Å². The second kappa shape index (κ2) is 6.83. The van der Waals surface area contributed by atoms with E-state index in [9.17, 15) is 14.4 Å². The lowest BCUT2D eigenvalue weighted by Crippen LogP contribution is -2.46. The summed E-state index contributed by atoms with van der Waals surface area (Å²) < 4.78 is 4.92. The number of carbonyl (C=O) groups excluding carboxylic acids is 2. The van der Waals surface area contributed by atoms with Crippen LogP contribution in [0.5, 0.6) is 0 Å². The van der Waals surface area contributed by atoms with Crippen molar-refractivity contribution < 1.29 is 24.2 Å². The number of carboxylic acid groups (broad SMARTS) is 1. The molecular weight excluding hydrogens is 240 g/mol. The van der Waals surface area contributed by atoms with E-state index >= 15 is 0 Å². The Morgan fingerprint density at radius 2 is 1.94 bits per heavy atom. The average Bonchev–Trinajstić information content (AvgIpc) is 2.36. The molecule has 0 radical (unpaired) electrons. The highest BCUT2D eigenvalue weighted by Gasteiger charge is 2.28. The number of nitrogens with zero attached hydrogens (tertiary/aromatic N) is 1. The maximum atomic E-state index is 11.5. The Morgan fingerprint density at radius 1 is 1.33 bits per heavy atom. The van der Waals surface area contributed by atoms with Crippen LogP contribution in [-0.4, -0.2) is 54.2 Å². The summed E-state index contributed by atoms with van der Waals surface area (Å²) in [4.78, 5) is 34.8. The fourth-order valence-corrected chi connectivity index (χ4v) is 1.84. The number of aliphatic carboxylic acids is 1. The van der Waals surface area contributed by atoms with Crippen molar-refractivity contribution in [1.82, 2.24) is 10.2 Å². The van der Waals surface area contributed by atoms with Crippen LogP contribution in [0.25, 0.3) is 0 Å². The lowest BCUT2D eigenvalue weighted by molar-refractivity contribution is -0.149. The van der Waals surface area contributed by atoms with Gasteiger partial charge < -0.3 is 20.1 Å². The van der Waals surface area contributed by atoms with Gasteiger partial charge >= 0.3 is 18.0 Å². The summed E-state index contributed by atoms with van der Waals surface area (Å²) in [6, 6.07) is -0.403. The van der Waals surface area contributed by atoms with Crippen molar-refractivity contribution in [2.24, 2.45) is 5.92 Å². The van der Waals surface area contributed by atoms with Gasteiger partial charge in [-0.3, -0.25) is 9.59 Å². The van der Waals surface area contributed by atoms with Gasteiger partial charge in [-0.15, -0.1) is 0 Å². The molecule has 0 spiro atoms. The summed E-state index contributed by atoms with van der Waals surface area (Å²) in [6.07, 6.45) is 1.11. The molecule has 7 heteroatoms. The molecule has 0 unspecified atom stereocenters. The van der Waals surface area contributed by atoms with Crippen LogP contribution in [-0.2, 0) is 14.3 Å². The predicted octanol–water partition coefficient (Wildman–Crippen LogP) is 0.0557. The summed E-state index contributed by atoms with van der Waals surface area (Å²) in [6.45, 7) is 2.60. The third kappa shape index (κ3) is 4.23. The molecule has 0 saturated carbocycles. The highest BCUT2D eigenvalue weighted by atomic mass is 16.5. The number of carboxylic acids is 1. The molecule has 102 valence electrons. The van der Waals surface area contributed by atoms with E-state index in [0.29, 0.717) is 32.5 Å². The molecule has 1 aliphatic heterocycles. The number of hydrogen-bond donors (Lipinski definition) is 2.